The van der Waals surface area contributed by atoms with Crippen molar-refractivity contribution in [3.63, 3.8) is 0 Å². The average Bonchev–Trinajstić information content (AvgIpc) is 3.06. The Hall–Kier alpha value is -1.89. The van der Waals surface area contributed by atoms with Gasteiger partial charge in [0.1, 0.15) is 5.75 Å². The van der Waals surface area contributed by atoms with Crippen LogP contribution >= 0.6 is 11.6 Å². The fraction of sp³-hybridized carbons (Fsp3) is 0.385. The summed E-state index contributed by atoms with van der Waals surface area (Å²) in [5, 5.41) is 27.0. The molecule has 1 unspecified atom stereocenters. The zero-order valence-corrected chi connectivity index (χ0v) is 17.4. The van der Waals surface area contributed by atoms with Crippen LogP contribution in [0.2, 0.25) is 0 Å². The van der Waals surface area contributed by atoms with E-state index in [1.54, 1.807) is 0 Å². The van der Waals surface area contributed by atoms with E-state index < -0.39 is 15.4 Å². The molecule has 2 rings (SSSR count). The van der Waals surface area contributed by atoms with Gasteiger partial charge in [-0.1, -0.05) is 6.47 Å². The summed E-state index contributed by atoms with van der Waals surface area (Å²) in [6, 6.07) is 5.40. The van der Waals surface area contributed by atoms with E-state index in [0.29, 0.717) is 12.6 Å². The number of nitro benzene ring substituents is 1. The van der Waals surface area contributed by atoms with Gasteiger partial charge < -0.3 is 24.8 Å². The number of rotatable bonds is 5. The second-order valence-electron chi connectivity index (χ2n) is 4.52. The van der Waals surface area contributed by atoms with E-state index in [0.717, 1.165) is 13.0 Å². The topological polar surface area (TPSA) is 171 Å². The third kappa shape index (κ3) is 16.0. The normalized spacial score (nSPS) is 14.0. The van der Waals surface area contributed by atoms with Gasteiger partial charge in [-0.15, -0.1) is 10.1 Å². The maximum absolute atomic E-state index is 10.2. The molecule has 0 bridgehead atoms. The SMILES string of the molecule is O=C(Cl)Oc1ccc([N+](=O)[O-])cc1.O=[C-]OCC1CCCN1.O=[N+]([O-])O.[Y]. The van der Waals surface area contributed by atoms with Crippen LogP contribution in [0.15, 0.2) is 24.3 Å². The van der Waals surface area contributed by atoms with Crippen LogP contribution in [0, 0.1) is 20.2 Å². The van der Waals surface area contributed by atoms with Gasteiger partial charge in [-0.3, -0.25) is 10.1 Å². The van der Waals surface area contributed by atoms with E-state index in [-0.39, 0.29) is 44.1 Å². The minimum atomic E-state index is -1.50. The smallest absolute Gasteiger partial charge is 0.409 e. The Balaban J connectivity index is 0. The number of hydrogen-bond acceptors (Lipinski definition) is 9. The molecule has 0 amide bonds. The molecule has 147 valence electrons. The van der Waals surface area contributed by atoms with Crippen LogP contribution in [0.1, 0.15) is 12.8 Å². The fourth-order valence-electron chi connectivity index (χ4n) is 1.76. The summed E-state index contributed by atoms with van der Waals surface area (Å²) in [5.74, 6) is 0.172. The first-order valence-electron chi connectivity index (χ1n) is 6.93. The average molecular weight is 482 g/mol. The van der Waals surface area contributed by atoms with Crippen molar-refractivity contribution in [3.05, 3.63) is 44.5 Å². The van der Waals surface area contributed by atoms with Crippen LogP contribution in [0.25, 0.3) is 0 Å². The van der Waals surface area contributed by atoms with Crippen molar-refractivity contribution in [2.45, 2.75) is 18.9 Å². The summed E-state index contributed by atoms with van der Waals surface area (Å²) in [7, 11) is 0. The van der Waals surface area contributed by atoms with E-state index in [1.807, 2.05) is 0 Å². The molecule has 1 heterocycles. The molecular formula is C13H15ClN3O9Y-. The first kappa shape index (κ1) is 27.3. The molecule has 1 radical (unpaired) electrons. The van der Waals surface area contributed by atoms with Gasteiger partial charge >= 0.3 is 5.43 Å². The standard InChI is InChI=1S/C7H4ClNO4.C6H10NO2.HNO3.Y/c8-7(10)13-6-3-1-5(2-4-6)9(11)12;8-5-9-4-6-2-1-3-7-6;2-1(3)4;/h1-4H;6-7H,1-4H2;(H,2,3,4);/q;-1;;. The molecule has 1 saturated heterocycles. The van der Waals surface area contributed by atoms with E-state index in [1.165, 1.54) is 37.2 Å². The monoisotopic (exact) mass is 481 g/mol. The number of halogens is 1. The van der Waals surface area contributed by atoms with Crippen molar-refractivity contribution in [2.75, 3.05) is 13.2 Å². The second-order valence-corrected chi connectivity index (χ2v) is 4.82. The number of carbonyl (C=O) groups excluding carboxylic acids is 2. The minimum Gasteiger partial charge on any atom is -0.652 e. The molecular weight excluding hydrogens is 467 g/mol. The predicted octanol–water partition coefficient (Wildman–Crippen LogP) is 1.80. The summed E-state index contributed by atoms with van der Waals surface area (Å²) < 4.78 is 8.90. The number of non-ortho nitro benzene ring substituents is 1. The number of ether oxygens (including phenoxy) is 2. The van der Waals surface area contributed by atoms with Crippen molar-refractivity contribution >= 4 is 29.2 Å². The number of nitrogens with zero attached hydrogens (tertiary/aromatic N) is 2. The molecule has 1 aromatic rings. The molecule has 1 aliphatic rings. The zero-order valence-electron chi connectivity index (χ0n) is 13.8. The van der Waals surface area contributed by atoms with Crippen molar-refractivity contribution in [3.8, 4) is 5.75 Å². The van der Waals surface area contributed by atoms with Gasteiger partial charge in [0.2, 0.25) is 0 Å². The van der Waals surface area contributed by atoms with Crippen LogP contribution in [0.3, 0.4) is 0 Å². The molecule has 1 aliphatic heterocycles. The number of nitrogens with one attached hydrogen (secondary N) is 1. The molecule has 2 N–H and O–H groups in total. The van der Waals surface area contributed by atoms with E-state index in [2.05, 4.69) is 14.8 Å². The van der Waals surface area contributed by atoms with Crippen molar-refractivity contribution in [1.29, 1.82) is 0 Å². The van der Waals surface area contributed by atoms with Gasteiger partial charge in [-0.05, 0) is 31.5 Å². The van der Waals surface area contributed by atoms with Crippen LogP contribution in [-0.2, 0) is 42.2 Å². The van der Waals surface area contributed by atoms with Gasteiger partial charge in [-0.25, -0.2) is 4.79 Å². The minimum absolute atomic E-state index is 0. The Labute approximate surface area is 183 Å². The Morgan fingerprint density at radius 1 is 1.33 bits per heavy atom. The molecule has 0 saturated carbocycles. The number of hydrogen-bond donors (Lipinski definition) is 2. The molecule has 0 aromatic heterocycles. The summed E-state index contributed by atoms with van der Waals surface area (Å²) in [6.07, 6.45) is 2.30. The molecule has 14 heteroatoms. The second kappa shape index (κ2) is 16.3. The van der Waals surface area contributed by atoms with Gasteiger partial charge in [0, 0.05) is 62.5 Å². The van der Waals surface area contributed by atoms with Crippen LogP contribution in [0.5, 0.6) is 5.75 Å². The van der Waals surface area contributed by atoms with Crippen molar-refractivity contribution in [1.82, 2.24) is 5.32 Å². The number of benzene rings is 1. The Morgan fingerprint density at radius 2 is 1.89 bits per heavy atom. The Morgan fingerprint density at radius 3 is 2.26 bits per heavy atom. The first-order valence-corrected chi connectivity index (χ1v) is 7.31. The van der Waals surface area contributed by atoms with Gasteiger partial charge in [0.25, 0.3) is 10.8 Å². The Bertz CT molecular complexity index is 593. The molecule has 1 fully saturated rings. The maximum atomic E-state index is 10.2. The zero-order chi connectivity index (χ0) is 19.9. The molecule has 0 aliphatic carbocycles. The molecule has 12 nitrogen and oxygen atoms in total. The van der Waals surface area contributed by atoms with Gasteiger partial charge in [-0.2, -0.15) is 0 Å². The van der Waals surface area contributed by atoms with Crippen LogP contribution in [0.4, 0.5) is 10.5 Å². The summed E-state index contributed by atoms with van der Waals surface area (Å²) in [5.41, 5.74) is -1.05. The van der Waals surface area contributed by atoms with Crippen LogP contribution in [-0.4, -0.2) is 46.3 Å². The van der Waals surface area contributed by atoms with E-state index >= 15 is 0 Å². The first-order chi connectivity index (χ1) is 12.3. The van der Waals surface area contributed by atoms with Crippen molar-refractivity contribution < 1.29 is 67.0 Å². The van der Waals surface area contributed by atoms with Crippen molar-refractivity contribution in [2.24, 2.45) is 0 Å². The fourth-order valence-corrected chi connectivity index (χ4v) is 1.85. The Kier molecular flexibility index (Phi) is 16.5. The van der Waals surface area contributed by atoms with E-state index in [4.69, 9.17) is 26.9 Å². The summed E-state index contributed by atoms with van der Waals surface area (Å²) in [6.45, 7) is 2.93. The molecule has 0 spiro atoms. The third-order valence-corrected chi connectivity index (χ3v) is 2.83. The molecule has 1 atom stereocenters. The summed E-state index contributed by atoms with van der Waals surface area (Å²) >= 11 is 4.92. The van der Waals surface area contributed by atoms with Gasteiger partial charge in [0.15, 0.2) is 0 Å². The quantitative estimate of drug-likeness (QED) is 0.273. The molecule has 1 aromatic carbocycles. The van der Waals surface area contributed by atoms with Gasteiger partial charge in [0.05, 0.1) is 11.5 Å². The number of carbonyl (C=O) groups is 1. The van der Waals surface area contributed by atoms with E-state index in [9.17, 15) is 19.7 Å². The maximum Gasteiger partial charge on any atom is 0.409 e. The summed E-state index contributed by atoms with van der Waals surface area (Å²) in [4.78, 5) is 37.8. The molecule has 27 heavy (non-hydrogen) atoms. The largest absolute Gasteiger partial charge is 0.652 e. The third-order valence-electron chi connectivity index (χ3n) is 2.75. The van der Waals surface area contributed by atoms with Crippen LogP contribution < -0.4 is 10.1 Å². The predicted molar refractivity (Wildman–Crippen MR) is 86.4 cm³/mol. The number of nitro groups is 1.